The molecule has 2 heterocycles. The summed E-state index contributed by atoms with van der Waals surface area (Å²) >= 11 is 0. The summed E-state index contributed by atoms with van der Waals surface area (Å²) < 4.78 is 15.2. The van der Waals surface area contributed by atoms with Crippen molar-refractivity contribution < 1.29 is 18.7 Å². The minimum Gasteiger partial charge on any atom is -0.464 e. The van der Waals surface area contributed by atoms with E-state index in [1.807, 2.05) is 6.92 Å². The van der Waals surface area contributed by atoms with E-state index in [1.165, 1.54) is 13.4 Å². The van der Waals surface area contributed by atoms with Gasteiger partial charge in [-0.2, -0.15) is 0 Å². The Kier molecular flexibility index (Phi) is 2.73. The molecule has 0 aromatic carbocycles. The second-order valence-electron chi connectivity index (χ2n) is 3.64. The molecule has 2 rings (SSSR count). The first-order chi connectivity index (χ1) is 7.20. The number of nitrogens with zero attached hydrogens (tertiary/aromatic N) is 1. The van der Waals surface area contributed by atoms with Crippen molar-refractivity contribution in [2.24, 2.45) is 0 Å². The van der Waals surface area contributed by atoms with Gasteiger partial charge in [0, 0.05) is 0 Å². The van der Waals surface area contributed by atoms with Crippen LogP contribution in [0.1, 0.15) is 35.6 Å². The number of hydrogen-bond donors (Lipinski definition) is 0. The van der Waals surface area contributed by atoms with Crippen molar-refractivity contribution in [3.8, 4) is 0 Å². The molecule has 0 aliphatic carbocycles. The molecule has 0 N–H and O–H groups in total. The van der Waals surface area contributed by atoms with Gasteiger partial charge in [0.15, 0.2) is 11.6 Å². The number of hydrogen-bond acceptors (Lipinski definition) is 5. The van der Waals surface area contributed by atoms with Crippen LogP contribution in [0, 0.1) is 0 Å². The molecule has 1 aliphatic heterocycles. The normalized spacial score (nSPS) is 25.5. The van der Waals surface area contributed by atoms with Crippen LogP contribution in [0.3, 0.4) is 0 Å². The summed E-state index contributed by atoms with van der Waals surface area (Å²) in [6.07, 6.45) is 2.43. The second kappa shape index (κ2) is 4.02. The molecular weight excluding hydrogens is 198 g/mol. The summed E-state index contributed by atoms with van der Waals surface area (Å²) in [7, 11) is 1.32. The maximum absolute atomic E-state index is 11.1. The number of carbonyl (C=O) groups is 1. The molecule has 0 amide bonds. The molecule has 5 heteroatoms. The van der Waals surface area contributed by atoms with E-state index in [9.17, 15) is 4.79 Å². The molecule has 0 radical (unpaired) electrons. The van der Waals surface area contributed by atoms with Crippen LogP contribution in [0.15, 0.2) is 10.7 Å². The van der Waals surface area contributed by atoms with E-state index >= 15 is 0 Å². The minimum atomic E-state index is -0.475. The van der Waals surface area contributed by atoms with Gasteiger partial charge in [-0.15, -0.1) is 0 Å². The van der Waals surface area contributed by atoms with E-state index in [0.717, 1.165) is 6.42 Å². The van der Waals surface area contributed by atoms with Crippen LogP contribution in [-0.2, 0) is 9.47 Å². The van der Waals surface area contributed by atoms with Gasteiger partial charge in [0.05, 0.1) is 25.7 Å². The molecule has 5 nitrogen and oxygen atoms in total. The lowest BCUT2D eigenvalue weighted by Gasteiger charge is -1.99. The van der Waals surface area contributed by atoms with Crippen LogP contribution in [-0.4, -0.2) is 30.8 Å². The summed E-state index contributed by atoms with van der Waals surface area (Å²) in [5.74, 6) is 0.232. The molecule has 82 valence electrons. The Morgan fingerprint density at radius 3 is 3.07 bits per heavy atom. The molecule has 15 heavy (non-hydrogen) atoms. The first-order valence-electron chi connectivity index (χ1n) is 4.86. The summed E-state index contributed by atoms with van der Waals surface area (Å²) in [6.45, 7) is 2.60. The number of rotatable bonds is 2. The number of carbonyl (C=O) groups excluding carboxylic acids is 1. The smallest absolute Gasteiger partial charge is 0.360 e. The highest BCUT2D eigenvalue weighted by molar-refractivity contribution is 5.86. The van der Waals surface area contributed by atoms with E-state index in [1.54, 1.807) is 0 Å². The highest BCUT2D eigenvalue weighted by atomic mass is 16.5. The lowest BCUT2D eigenvalue weighted by molar-refractivity contribution is 0.0594. The Hall–Kier alpha value is -1.36. The Morgan fingerprint density at radius 1 is 1.67 bits per heavy atom. The zero-order valence-electron chi connectivity index (χ0n) is 8.73. The molecule has 1 fully saturated rings. The van der Waals surface area contributed by atoms with Crippen LogP contribution in [0.25, 0.3) is 0 Å². The quantitative estimate of drug-likeness (QED) is 0.691. The SMILES string of the molecule is COC(=O)c1coc(C2COC(C)C2)n1. The first kappa shape index (κ1) is 10.2. The van der Waals surface area contributed by atoms with Crippen LogP contribution in [0.2, 0.25) is 0 Å². The zero-order valence-corrected chi connectivity index (χ0v) is 8.73. The van der Waals surface area contributed by atoms with Crippen LogP contribution < -0.4 is 0 Å². The lowest BCUT2D eigenvalue weighted by atomic mass is 10.1. The van der Waals surface area contributed by atoms with Crippen molar-refractivity contribution in [3.05, 3.63) is 17.8 Å². The number of aromatic nitrogens is 1. The predicted octanol–water partition coefficient (Wildman–Crippen LogP) is 1.35. The maximum atomic E-state index is 11.1. The topological polar surface area (TPSA) is 61.6 Å². The van der Waals surface area contributed by atoms with Crippen LogP contribution in [0.4, 0.5) is 0 Å². The third-order valence-corrected chi connectivity index (χ3v) is 2.46. The Morgan fingerprint density at radius 2 is 2.47 bits per heavy atom. The third kappa shape index (κ3) is 2.02. The molecule has 1 saturated heterocycles. The van der Waals surface area contributed by atoms with Crippen molar-refractivity contribution in [2.45, 2.75) is 25.4 Å². The first-order valence-corrected chi connectivity index (χ1v) is 4.86. The molecule has 2 unspecified atom stereocenters. The third-order valence-electron chi connectivity index (χ3n) is 2.46. The van der Waals surface area contributed by atoms with Crippen LogP contribution >= 0.6 is 0 Å². The molecule has 1 aromatic heterocycles. The molecule has 0 bridgehead atoms. The van der Waals surface area contributed by atoms with Gasteiger partial charge < -0.3 is 13.9 Å². The van der Waals surface area contributed by atoms with Crippen molar-refractivity contribution in [2.75, 3.05) is 13.7 Å². The number of esters is 1. The average Bonchev–Trinajstić information content (AvgIpc) is 2.84. The Bertz CT molecular complexity index is 360. The Balaban J connectivity index is 2.10. The number of oxazole rings is 1. The van der Waals surface area contributed by atoms with Crippen LogP contribution in [0.5, 0.6) is 0 Å². The van der Waals surface area contributed by atoms with Gasteiger partial charge >= 0.3 is 5.97 Å². The summed E-state index contributed by atoms with van der Waals surface area (Å²) in [5, 5.41) is 0. The van der Waals surface area contributed by atoms with E-state index in [-0.39, 0.29) is 17.7 Å². The summed E-state index contributed by atoms with van der Waals surface area (Å²) in [6, 6.07) is 0. The fraction of sp³-hybridized carbons (Fsp3) is 0.600. The van der Waals surface area contributed by atoms with Crippen molar-refractivity contribution >= 4 is 5.97 Å². The minimum absolute atomic E-state index is 0.151. The van der Waals surface area contributed by atoms with Gasteiger partial charge in [-0.3, -0.25) is 0 Å². The fourth-order valence-corrected chi connectivity index (χ4v) is 1.66. The fourth-order valence-electron chi connectivity index (χ4n) is 1.66. The molecule has 0 saturated carbocycles. The molecular formula is C10H13NO4. The van der Waals surface area contributed by atoms with E-state index in [2.05, 4.69) is 9.72 Å². The lowest BCUT2D eigenvalue weighted by Crippen LogP contribution is -2.03. The monoisotopic (exact) mass is 211 g/mol. The number of ether oxygens (including phenoxy) is 2. The average molecular weight is 211 g/mol. The van der Waals surface area contributed by atoms with Gasteiger partial charge in [0.25, 0.3) is 0 Å². The maximum Gasteiger partial charge on any atom is 0.360 e. The van der Waals surface area contributed by atoms with Crippen molar-refractivity contribution in [1.29, 1.82) is 0 Å². The largest absolute Gasteiger partial charge is 0.464 e. The van der Waals surface area contributed by atoms with Crippen molar-refractivity contribution in [3.63, 3.8) is 0 Å². The van der Waals surface area contributed by atoms with Gasteiger partial charge in [0.2, 0.25) is 0 Å². The van der Waals surface area contributed by atoms with Gasteiger partial charge in [-0.05, 0) is 13.3 Å². The van der Waals surface area contributed by atoms with Gasteiger partial charge in [-0.25, -0.2) is 9.78 Å². The van der Waals surface area contributed by atoms with E-state index < -0.39 is 5.97 Å². The predicted molar refractivity (Wildman–Crippen MR) is 50.6 cm³/mol. The molecule has 0 spiro atoms. The highest BCUT2D eigenvalue weighted by Crippen LogP contribution is 2.28. The van der Waals surface area contributed by atoms with E-state index in [0.29, 0.717) is 12.5 Å². The number of methoxy groups -OCH3 is 1. The molecule has 2 atom stereocenters. The molecule has 1 aromatic rings. The Labute approximate surface area is 87.4 Å². The van der Waals surface area contributed by atoms with Gasteiger partial charge in [0.1, 0.15) is 6.26 Å². The second-order valence-corrected chi connectivity index (χ2v) is 3.64. The summed E-state index contributed by atoms with van der Waals surface area (Å²) in [5.41, 5.74) is 0.215. The summed E-state index contributed by atoms with van der Waals surface area (Å²) in [4.78, 5) is 15.2. The standard InChI is InChI=1S/C10H13NO4/c1-6-3-7(4-14-6)9-11-8(5-15-9)10(12)13-2/h5-7H,3-4H2,1-2H3. The van der Waals surface area contributed by atoms with E-state index in [4.69, 9.17) is 9.15 Å². The highest BCUT2D eigenvalue weighted by Gasteiger charge is 2.28. The zero-order chi connectivity index (χ0) is 10.8. The van der Waals surface area contributed by atoms with Gasteiger partial charge in [-0.1, -0.05) is 0 Å². The van der Waals surface area contributed by atoms with Crippen molar-refractivity contribution in [1.82, 2.24) is 4.98 Å². The molecule has 1 aliphatic rings.